The Bertz CT molecular complexity index is 610. The predicted molar refractivity (Wildman–Crippen MR) is 74.5 cm³/mol. The lowest BCUT2D eigenvalue weighted by Crippen LogP contribution is -2.19. The van der Waals surface area contributed by atoms with Gasteiger partial charge in [0.25, 0.3) is 0 Å². The van der Waals surface area contributed by atoms with Crippen LogP contribution in [0.1, 0.15) is 17.3 Å². The molecule has 0 bridgehead atoms. The number of nitrogens with zero attached hydrogens (tertiary/aromatic N) is 3. The Kier molecular flexibility index (Phi) is 3.99. The molecule has 0 radical (unpaired) electrons. The van der Waals surface area contributed by atoms with E-state index in [0.717, 1.165) is 5.56 Å². The van der Waals surface area contributed by atoms with Gasteiger partial charge in [0.2, 0.25) is 5.82 Å². The molecule has 1 unspecified atom stereocenters. The van der Waals surface area contributed by atoms with Gasteiger partial charge in [0.1, 0.15) is 11.7 Å². The van der Waals surface area contributed by atoms with Gasteiger partial charge in [0, 0.05) is 7.11 Å². The van der Waals surface area contributed by atoms with Crippen LogP contribution < -0.4 is 5.73 Å². The summed E-state index contributed by atoms with van der Waals surface area (Å²) in [6.45, 7) is 1.90. The highest BCUT2D eigenvalue weighted by molar-refractivity contribution is 5.56. The molecular formula is C13H16N4O3. The number of aromatic nitrogens is 2. The highest BCUT2D eigenvalue weighted by Gasteiger charge is 2.27. The second-order valence-electron chi connectivity index (χ2n) is 4.40. The number of nitrogens with two attached hydrogens (primary N) is 1. The van der Waals surface area contributed by atoms with Crippen LogP contribution in [0.3, 0.4) is 0 Å². The minimum absolute atomic E-state index is 0.0402. The average molecular weight is 276 g/mol. The molecule has 2 aromatic rings. The lowest BCUT2D eigenvalue weighted by atomic mass is 10.1. The monoisotopic (exact) mass is 276 g/mol. The SMILES string of the molecule is COCC(c1ccccc1)n1nc(C)c([N+](=O)[O-])c1N. The molecule has 0 fully saturated rings. The molecule has 0 aliphatic heterocycles. The molecule has 106 valence electrons. The maximum atomic E-state index is 11.0. The van der Waals surface area contributed by atoms with E-state index in [0.29, 0.717) is 12.3 Å². The molecule has 2 rings (SSSR count). The second-order valence-corrected chi connectivity index (χ2v) is 4.40. The number of hydrogen-bond acceptors (Lipinski definition) is 5. The number of aryl methyl sites for hydroxylation is 1. The molecule has 7 heteroatoms. The minimum atomic E-state index is -0.511. The Hall–Kier alpha value is -2.41. The van der Waals surface area contributed by atoms with Gasteiger partial charge in [0.15, 0.2) is 0 Å². The summed E-state index contributed by atoms with van der Waals surface area (Å²) in [5, 5.41) is 15.2. The van der Waals surface area contributed by atoms with E-state index in [1.807, 2.05) is 30.3 Å². The summed E-state index contributed by atoms with van der Waals surface area (Å²) in [5.41, 5.74) is 6.95. The lowest BCUT2D eigenvalue weighted by Gasteiger charge is -2.18. The molecule has 0 spiro atoms. The molecule has 1 aromatic heterocycles. The number of nitro groups is 1. The Morgan fingerprint density at radius 1 is 1.45 bits per heavy atom. The van der Waals surface area contributed by atoms with Crippen molar-refractivity contribution in [2.24, 2.45) is 0 Å². The van der Waals surface area contributed by atoms with Gasteiger partial charge < -0.3 is 10.5 Å². The highest BCUT2D eigenvalue weighted by Crippen LogP contribution is 2.30. The molecule has 0 saturated heterocycles. The molecule has 20 heavy (non-hydrogen) atoms. The van der Waals surface area contributed by atoms with Crippen LogP contribution in [0.15, 0.2) is 30.3 Å². The van der Waals surface area contributed by atoms with Crippen molar-refractivity contribution in [2.75, 3.05) is 19.5 Å². The van der Waals surface area contributed by atoms with Crippen molar-refractivity contribution >= 4 is 11.5 Å². The summed E-state index contributed by atoms with van der Waals surface area (Å²) < 4.78 is 6.64. The fraction of sp³-hybridized carbons (Fsp3) is 0.308. The van der Waals surface area contributed by atoms with E-state index in [9.17, 15) is 10.1 Å². The van der Waals surface area contributed by atoms with E-state index in [1.54, 1.807) is 14.0 Å². The van der Waals surface area contributed by atoms with Crippen LogP contribution in [0.2, 0.25) is 0 Å². The third kappa shape index (κ3) is 2.48. The van der Waals surface area contributed by atoms with Crippen LogP contribution in [0, 0.1) is 17.0 Å². The summed E-state index contributed by atoms with van der Waals surface area (Å²) >= 11 is 0. The molecule has 1 atom stereocenters. The number of benzene rings is 1. The summed E-state index contributed by atoms with van der Waals surface area (Å²) in [5.74, 6) is 0.0402. The first kappa shape index (κ1) is 14.0. The van der Waals surface area contributed by atoms with Crippen LogP contribution in [0.5, 0.6) is 0 Å². The van der Waals surface area contributed by atoms with Crippen molar-refractivity contribution in [3.63, 3.8) is 0 Å². The van der Waals surface area contributed by atoms with Gasteiger partial charge in [-0.2, -0.15) is 5.10 Å². The first-order chi connectivity index (χ1) is 9.56. The van der Waals surface area contributed by atoms with Gasteiger partial charge >= 0.3 is 5.69 Å². The van der Waals surface area contributed by atoms with Gasteiger partial charge in [-0.1, -0.05) is 30.3 Å². The van der Waals surface area contributed by atoms with Crippen LogP contribution in [0.25, 0.3) is 0 Å². The Morgan fingerprint density at radius 3 is 2.60 bits per heavy atom. The molecule has 0 amide bonds. The molecule has 1 heterocycles. The lowest BCUT2D eigenvalue weighted by molar-refractivity contribution is -0.384. The van der Waals surface area contributed by atoms with Crippen molar-refractivity contribution in [1.82, 2.24) is 9.78 Å². The second kappa shape index (κ2) is 5.70. The number of anilines is 1. The molecule has 7 nitrogen and oxygen atoms in total. The van der Waals surface area contributed by atoms with Crippen molar-refractivity contribution < 1.29 is 9.66 Å². The van der Waals surface area contributed by atoms with Crippen LogP contribution in [-0.4, -0.2) is 28.4 Å². The first-order valence-corrected chi connectivity index (χ1v) is 6.09. The molecule has 0 aliphatic carbocycles. The van der Waals surface area contributed by atoms with E-state index in [4.69, 9.17) is 10.5 Å². The average Bonchev–Trinajstić information content (AvgIpc) is 2.72. The highest BCUT2D eigenvalue weighted by atomic mass is 16.6. The predicted octanol–water partition coefficient (Wildman–Crippen LogP) is 1.92. The fourth-order valence-electron chi connectivity index (χ4n) is 2.16. The molecule has 0 aliphatic rings. The van der Waals surface area contributed by atoms with E-state index < -0.39 is 4.92 Å². The zero-order valence-electron chi connectivity index (χ0n) is 11.3. The van der Waals surface area contributed by atoms with Crippen LogP contribution in [-0.2, 0) is 4.74 Å². The van der Waals surface area contributed by atoms with Gasteiger partial charge in [-0.15, -0.1) is 0 Å². The Labute approximate surface area is 116 Å². The van der Waals surface area contributed by atoms with E-state index >= 15 is 0 Å². The zero-order chi connectivity index (χ0) is 14.7. The van der Waals surface area contributed by atoms with Crippen molar-refractivity contribution in [3.05, 3.63) is 51.7 Å². The summed E-state index contributed by atoms with van der Waals surface area (Å²) in [7, 11) is 1.57. The summed E-state index contributed by atoms with van der Waals surface area (Å²) in [4.78, 5) is 10.5. The van der Waals surface area contributed by atoms with Crippen molar-refractivity contribution in [2.45, 2.75) is 13.0 Å². The molecule has 1 aromatic carbocycles. The molecular weight excluding hydrogens is 260 g/mol. The number of rotatable bonds is 5. The Morgan fingerprint density at radius 2 is 2.10 bits per heavy atom. The van der Waals surface area contributed by atoms with E-state index in [-0.39, 0.29) is 17.5 Å². The topological polar surface area (TPSA) is 96.2 Å². The van der Waals surface area contributed by atoms with Gasteiger partial charge in [0.05, 0.1) is 11.5 Å². The summed E-state index contributed by atoms with van der Waals surface area (Å²) in [6, 6.07) is 9.19. The van der Waals surface area contributed by atoms with Crippen molar-refractivity contribution in [3.8, 4) is 0 Å². The maximum Gasteiger partial charge on any atom is 0.333 e. The largest absolute Gasteiger partial charge is 0.382 e. The van der Waals surface area contributed by atoms with E-state index in [1.165, 1.54) is 4.68 Å². The van der Waals surface area contributed by atoms with Crippen molar-refractivity contribution in [1.29, 1.82) is 0 Å². The van der Waals surface area contributed by atoms with Gasteiger partial charge in [-0.05, 0) is 12.5 Å². The normalized spacial score (nSPS) is 12.3. The third-order valence-electron chi connectivity index (χ3n) is 3.08. The van der Waals surface area contributed by atoms with Crippen LogP contribution in [0.4, 0.5) is 11.5 Å². The zero-order valence-corrected chi connectivity index (χ0v) is 11.3. The van der Waals surface area contributed by atoms with Crippen LogP contribution >= 0.6 is 0 Å². The summed E-state index contributed by atoms with van der Waals surface area (Å²) in [6.07, 6.45) is 0. The molecule has 2 N–H and O–H groups in total. The number of hydrogen-bond donors (Lipinski definition) is 1. The minimum Gasteiger partial charge on any atom is -0.382 e. The third-order valence-corrected chi connectivity index (χ3v) is 3.08. The smallest absolute Gasteiger partial charge is 0.333 e. The standard InChI is InChI=1S/C13H16N4O3/c1-9-12(17(18)19)13(14)16(15-9)11(8-20-2)10-6-4-3-5-7-10/h3-7,11H,8,14H2,1-2H3. The number of ether oxygens (including phenoxy) is 1. The van der Waals surface area contributed by atoms with E-state index in [2.05, 4.69) is 5.10 Å². The Balaban J connectivity index is 2.51. The van der Waals surface area contributed by atoms with Gasteiger partial charge in [-0.3, -0.25) is 10.1 Å². The number of methoxy groups -OCH3 is 1. The molecule has 0 saturated carbocycles. The maximum absolute atomic E-state index is 11.0. The number of nitrogen functional groups attached to an aromatic ring is 1. The quantitative estimate of drug-likeness (QED) is 0.664. The fourth-order valence-corrected chi connectivity index (χ4v) is 2.16. The first-order valence-electron chi connectivity index (χ1n) is 6.09. The van der Waals surface area contributed by atoms with Gasteiger partial charge in [-0.25, -0.2) is 4.68 Å².